The molecule has 1 aromatic heterocycles. The molecule has 1 rings (SSSR count). The molecule has 0 N–H and O–H groups in total. The van der Waals surface area contributed by atoms with E-state index in [4.69, 9.17) is 0 Å². The number of nitrogens with zero attached hydrogens (tertiary/aromatic N) is 1. The number of aromatic nitrogens is 1. The van der Waals surface area contributed by atoms with Gasteiger partial charge < -0.3 is 0 Å². The van der Waals surface area contributed by atoms with Gasteiger partial charge in [0.1, 0.15) is 5.78 Å². The third-order valence-electron chi connectivity index (χ3n) is 2.91. The SMILES string of the molecule is CC(C)(C)C[C@@H](Cc1cscn1)C(=O)C(C)(C)C. The summed E-state index contributed by atoms with van der Waals surface area (Å²) in [6.07, 6.45) is 1.69. The summed E-state index contributed by atoms with van der Waals surface area (Å²) in [5.74, 6) is 0.428. The fraction of sp³-hybridized carbons (Fsp3) is 0.733. The first-order valence-corrected chi connectivity index (χ1v) is 7.45. The average Bonchev–Trinajstić information content (AvgIpc) is 2.64. The Morgan fingerprint density at radius 1 is 1.28 bits per heavy atom. The van der Waals surface area contributed by atoms with Crippen molar-refractivity contribution in [1.29, 1.82) is 0 Å². The van der Waals surface area contributed by atoms with Crippen LogP contribution in [0.25, 0.3) is 0 Å². The van der Waals surface area contributed by atoms with Gasteiger partial charge in [-0.15, -0.1) is 11.3 Å². The molecular weight excluding hydrogens is 242 g/mol. The Labute approximate surface area is 115 Å². The Balaban J connectivity index is 2.85. The standard InChI is InChI=1S/C15H25NOS/c1-14(2,3)8-11(13(17)15(4,5)6)7-12-9-18-10-16-12/h9-11H,7-8H2,1-6H3/t11-/m1/s1. The van der Waals surface area contributed by atoms with Crippen LogP contribution in [0.1, 0.15) is 53.7 Å². The number of carbonyl (C=O) groups is 1. The molecule has 0 aliphatic rings. The first-order chi connectivity index (χ1) is 8.09. The lowest BCUT2D eigenvalue weighted by Gasteiger charge is -2.29. The van der Waals surface area contributed by atoms with E-state index < -0.39 is 0 Å². The summed E-state index contributed by atoms with van der Waals surface area (Å²) in [5.41, 5.74) is 2.78. The number of thiazole rings is 1. The van der Waals surface area contributed by atoms with Gasteiger partial charge in [-0.1, -0.05) is 41.5 Å². The topological polar surface area (TPSA) is 30.0 Å². The normalized spacial score (nSPS) is 14.6. The molecule has 2 nitrogen and oxygen atoms in total. The monoisotopic (exact) mass is 267 g/mol. The van der Waals surface area contributed by atoms with E-state index in [1.54, 1.807) is 11.3 Å². The molecule has 1 heterocycles. The van der Waals surface area contributed by atoms with E-state index in [0.29, 0.717) is 5.78 Å². The van der Waals surface area contributed by atoms with Crippen molar-refractivity contribution < 1.29 is 4.79 Å². The maximum atomic E-state index is 12.5. The quantitative estimate of drug-likeness (QED) is 0.811. The molecule has 0 aliphatic heterocycles. The van der Waals surface area contributed by atoms with Gasteiger partial charge in [0, 0.05) is 23.1 Å². The van der Waals surface area contributed by atoms with Crippen molar-refractivity contribution in [2.24, 2.45) is 16.7 Å². The van der Waals surface area contributed by atoms with Crippen LogP contribution in [0.15, 0.2) is 10.9 Å². The van der Waals surface area contributed by atoms with Crippen LogP contribution in [0.3, 0.4) is 0 Å². The molecule has 3 heteroatoms. The lowest BCUT2D eigenvalue weighted by Crippen LogP contribution is -2.32. The van der Waals surface area contributed by atoms with Crippen molar-refractivity contribution >= 4 is 17.1 Å². The van der Waals surface area contributed by atoms with Gasteiger partial charge in [0.2, 0.25) is 0 Å². The largest absolute Gasteiger partial charge is 0.299 e. The van der Waals surface area contributed by atoms with Gasteiger partial charge in [-0.3, -0.25) is 4.79 Å². The van der Waals surface area contributed by atoms with Crippen LogP contribution in [-0.4, -0.2) is 10.8 Å². The van der Waals surface area contributed by atoms with E-state index in [0.717, 1.165) is 18.5 Å². The van der Waals surface area contributed by atoms with Gasteiger partial charge in [-0.05, 0) is 11.8 Å². The summed E-state index contributed by atoms with van der Waals surface area (Å²) in [4.78, 5) is 16.9. The zero-order valence-corrected chi connectivity index (χ0v) is 13.2. The number of rotatable bonds is 4. The van der Waals surface area contributed by atoms with Crippen LogP contribution < -0.4 is 0 Å². The van der Waals surface area contributed by atoms with E-state index in [1.165, 1.54) is 0 Å². The van der Waals surface area contributed by atoms with Crippen molar-refractivity contribution in [3.63, 3.8) is 0 Å². The van der Waals surface area contributed by atoms with Crippen LogP contribution in [0, 0.1) is 16.7 Å². The summed E-state index contributed by atoms with van der Waals surface area (Å²) in [7, 11) is 0. The van der Waals surface area contributed by atoms with Gasteiger partial charge in [0.25, 0.3) is 0 Å². The minimum absolute atomic E-state index is 0.0760. The zero-order valence-electron chi connectivity index (χ0n) is 12.4. The van der Waals surface area contributed by atoms with E-state index in [2.05, 4.69) is 25.8 Å². The minimum Gasteiger partial charge on any atom is -0.299 e. The highest BCUT2D eigenvalue weighted by atomic mass is 32.1. The van der Waals surface area contributed by atoms with Crippen LogP contribution >= 0.6 is 11.3 Å². The Morgan fingerprint density at radius 3 is 2.28 bits per heavy atom. The highest BCUT2D eigenvalue weighted by Crippen LogP contribution is 2.32. The van der Waals surface area contributed by atoms with Gasteiger partial charge in [0.05, 0.1) is 11.2 Å². The Bertz CT molecular complexity index is 382. The maximum absolute atomic E-state index is 12.5. The molecule has 0 saturated heterocycles. The first kappa shape index (κ1) is 15.4. The molecule has 0 unspecified atom stereocenters. The Hall–Kier alpha value is -0.700. The molecule has 0 aliphatic carbocycles. The third-order valence-corrected chi connectivity index (χ3v) is 3.54. The highest BCUT2D eigenvalue weighted by Gasteiger charge is 2.32. The molecule has 1 atom stereocenters. The second-order valence-electron chi connectivity index (χ2n) is 7.26. The zero-order chi connectivity index (χ0) is 14.0. The number of hydrogen-bond donors (Lipinski definition) is 0. The van der Waals surface area contributed by atoms with Gasteiger partial charge in [-0.2, -0.15) is 0 Å². The lowest BCUT2D eigenvalue weighted by molar-refractivity contribution is -0.131. The Morgan fingerprint density at radius 2 is 1.89 bits per heavy atom. The molecule has 0 fully saturated rings. The molecule has 0 amide bonds. The van der Waals surface area contributed by atoms with Crippen LogP contribution in [0.2, 0.25) is 0 Å². The van der Waals surface area contributed by atoms with Crippen molar-refractivity contribution in [1.82, 2.24) is 4.98 Å². The molecule has 0 aromatic carbocycles. The molecular formula is C15H25NOS. The number of ketones is 1. The molecule has 0 bridgehead atoms. The van der Waals surface area contributed by atoms with Gasteiger partial charge in [0.15, 0.2) is 0 Å². The molecule has 0 spiro atoms. The number of carbonyl (C=O) groups excluding carboxylic acids is 1. The number of hydrogen-bond acceptors (Lipinski definition) is 3. The summed E-state index contributed by atoms with van der Waals surface area (Å²) in [6.45, 7) is 12.6. The third kappa shape index (κ3) is 4.89. The summed E-state index contributed by atoms with van der Waals surface area (Å²) in [5, 5.41) is 2.05. The fourth-order valence-electron chi connectivity index (χ4n) is 2.20. The molecule has 18 heavy (non-hydrogen) atoms. The molecule has 0 radical (unpaired) electrons. The van der Waals surface area contributed by atoms with Crippen molar-refractivity contribution in [3.05, 3.63) is 16.6 Å². The highest BCUT2D eigenvalue weighted by molar-refractivity contribution is 7.07. The molecule has 1 aromatic rings. The summed E-state index contributed by atoms with van der Waals surface area (Å²) in [6, 6.07) is 0. The van der Waals surface area contributed by atoms with Crippen molar-refractivity contribution in [2.45, 2.75) is 54.4 Å². The first-order valence-electron chi connectivity index (χ1n) is 6.51. The van der Waals surface area contributed by atoms with Gasteiger partial charge in [-0.25, -0.2) is 4.98 Å². The average molecular weight is 267 g/mol. The van der Waals surface area contributed by atoms with Gasteiger partial charge >= 0.3 is 0 Å². The summed E-state index contributed by atoms with van der Waals surface area (Å²) < 4.78 is 0. The second kappa shape index (κ2) is 5.52. The second-order valence-corrected chi connectivity index (χ2v) is 7.98. The van der Waals surface area contributed by atoms with Crippen LogP contribution in [-0.2, 0) is 11.2 Å². The number of Topliss-reactive ketones (excluding diaryl/α,β-unsaturated/α-hetero) is 1. The van der Waals surface area contributed by atoms with E-state index in [9.17, 15) is 4.79 Å². The Kier molecular flexibility index (Phi) is 4.71. The van der Waals surface area contributed by atoms with E-state index in [-0.39, 0.29) is 16.7 Å². The van der Waals surface area contributed by atoms with Crippen molar-refractivity contribution in [3.8, 4) is 0 Å². The molecule has 102 valence electrons. The smallest absolute Gasteiger partial charge is 0.141 e. The predicted molar refractivity (Wildman–Crippen MR) is 77.8 cm³/mol. The molecule has 0 saturated carbocycles. The van der Waals surface area contributed by atoms with E-state index in [1.807, 2.05) is 31.7 Å². The van der Waals surface area contributed by atoms with E-state index >= 15 is 0 Å². The lowest BCUT2D eigenvalue weighted by atomic mass is 9.74. The predicted octanol–water partition coefficient (Wildman–Crippen LogP) is 4.35. The van der Waals surface area contributed by atoms with Crippen molar-refractivity contribution in [2.75, 3.05) is 0 Å². The summed E-state index contributed by atoms with van der Waals surface area (Å²) >= 11 is 1.60. The minimum atomic E-state index is -0.272. The van der Waals surface area contributed by atoms with Crippen LogP contribution in [0.4, 0.5) is 0 Å². The fourth-order valence-corrected chi connectivity index (χ4v) is 2.77. The van der Waals surface area contributed by atoms with Crippen LogP contribution in [0.5, 0.6) is 0 Å². The maximum Gasteiger partial charge on any atom is 0.141 e.